The van der Waals surface area contributed by atoms with Gasteiger partial charge in [-0.25, -0.2) is 8.42 Å². The topological polar surface area (TPSA) is 72.2 Å². The Morgan fingerprint density at radius 2 is 1.89 bits per heavy atom. The highest BCUT2D eigenvalue weighted by molar-refractivity contribution is 9.10. The van der Waals surface area contributed by atoms with Crippen molar-refractivity contribution >= 4 is 43.0 Å². The van der Waals surface area contributed by atoms with E-state index in [1.807, 2.05) is 19.1 Å². The summed E-state index contributed by atoms with van der Waals surface area (Å²) in [5.41, 5.74) is 7.22. The van der Waals surface area contributed by atoms with Crippen LogP contribution < -0.4 is 10.5 Å². The molecule has 0 aliphatic carbocycles. The first-order valence-corrected chi connectivity index (χ1v) is 8.67. The lowest BCUT2D eigenvalue weighted by molar-refractivity contribution is 0.603. The molecule has 0 radical (unpaired) electrons. The van der Waals surface area contributed by atoms with Crippen molar-refractivity contribution in [2.75, 3.05) is 4.72 Å². The molecule has 1 heterocycles. The molecular formula is C12H13BrN2O2S2. The fourth-order valence-corrected chi connectivity index (χ4v) is 4.93. The Morgan fingerprint density at radius 1 is 1.26 bits per heavy atom. The van der Waals surface area contributed by atoms with Gasteiger partial charge in [0.1, 0.15) is 0 Å². The molecule has 1 unspecified atom stereocenters. The van der Waals surface area contributed by atoms with Crippen LogP contribution in [0.2, 0.25) is 0 Å². The average molecular weight is 361 g/mol. The molecule has 3 N–H and O–H groups in total. The van der Waals surface area contributed by atoms with E-state index in [0.29, 0.717) is 10.2 Å². The summed E-state index contributed by atoms with van der Waals surface area (Å²) in [4.78, 5) is 0. The summed E-state index contributed by atoms with van der Waals surface area (Å²) in [5.74, 6) is 0. The number of rotatable bonds is 4. The third-order valence-electron chi connectivity index (χ3n) is 2.52. The molecule has 1 aromatic heterocycles. The number of sulfonamides is 1. The van der Waals surface area contributed by atoms with Gasteiger partial charge in [0.2, 0.25) is 0 Å². The van der Waals surface area contributed by atoms with E-state index in [4.69, 9.17) is 5.73 Å². The van der Waals surface area contributed by atoms with Gasteiger partial charge < -0.3 is 5.73 Å². The summed E-state index contributed by atoms with van der Waals surface area (Å²) in [6.45, 7) is 1.88. The lowest BCUT2D eigenvalue weighted by Crippen LogP contribution is -2.12. The van der Waals surface area contributed by atoms with E-state index in [-0.39, 0.29) is 10.3 Å². The third kappa shape index (κ3) is 3.36. The zero-order valence-electron chi connectivity index (χ0n) is 10.1. The molecule has 0 aliphatic heterocycles. The molecule has 0 spiro atoms. The van der Waals surface area contributed by atoms with Gasteiger partial charge in [-0.15, -0.1) is 11.3 Å². The summed E-state index contributed by atoms with van der Waals surface area (Å²) in [7, 11) is -3.54. The maximum Gasteiger partial charge on any atom is 0.272 e. The van der Waals surface area contributed by atoms with Crippen molar-refractivity contribution in [3.8, 4) is 0 Å². The predicted octanol–water partition coefficient (Wildman–Crippen LogP) is 3.33. The van der Waals surface area contributed by atoms with Crippen LogP contribution in [0.5, 0.6) is 0 Å². The molecule has 19 heavy (non-hydrogen) atoms. The lowest BCUT2D eigenvalue weighted by Gasteiger charge is -2.09. The van der Waals surface area contributed by atoms with Crippen molar-refractivity contribution in [1.29, 1.82) is 0 Å². The largest absolute Gasteiger partial charge is 0.324 e. The van der Waals surface area contributed by atoms with Crippen molar-refractivity contribution in [1.82, 2.24) is 0 Å². The van der Waals surface area contributed by atoms with Crippen LogP contribution >= 0.6 is 27.3 Å². The standard InChI is InChI=1S/C12H13BrN2O2S2/c1-8(14)9-2-4-10(5-3-9)15-19(16,17)12-11(13)6-7-18-12/h2-8,15H,14H2,1H3. The minimum atomic E-state index is -3.54. The van der Waals surface area contributed by atoms with Crippen LogP contribution in [0, 0.1) is 0 Å². The average Bonchev–Trinajstić information content (AvgIpc) is 2.76. The van der Waals surface area contributed by atoms with Gasteiger partial charge in [0, 0.05) is 16.2 Å². The zero-order valence-corrected chi connectivity index (χ0v) is 13.3. The monoisotopic (exact) mass is 360 g/mol. The van der Waals surface area contributed by atoms with E-state index in [1.54, 1.807) is 23.6 Å². The number of nitrogens with two attached hydrogens (primary N) is 1. The minimum absolute atomic E-state index is 0.0721. The van der Waals surface area contributed by atoms with E-state index < -0.39 is 10.0 Å². The Morgan fingerprint density at radius 3 is 2.37 bits per heavy atom. The Kier molecular flexibility index (Phi) is 4.29. The number of benzene rings is 1. The lowest BCUT2D eigenvalue weighted by atomic mass is 10.1. The van der Waals surface area contributed by atoms with Gasteiger partial charge in [-0.1, -0.05) is 12.1 Å². The molecule has 1 aromatic carbocycles. The molecule has 2 rings (SSSR count). The minimum Gasteiger partial charge on any atom is -0.324 e. The highest BCUT2D eigenvalue weighted by Gasteiger charge is 2.19. The zero-order chi connectivity index (χ0) is 14.0. The van der Waals surface area contributed by atoms with Crippen LogP contribution in [0.15, 0.2) is 44.4 Å². The summed E-state index contributed by atoms with van der Waals surface area (Å²) < 4.78 is 27.7. The molecule has 0 bridgehead atoms. The van der Waals surface area contributed by atoms with Crippen LogP contribution in [-0.4, -0.2) is 8.42 Å². The summed E-state index contributed by atoms with van der Waals surface area (Å²) in [5, 5.41) is 1.72. The second-order valence-corrected chi connectivity index (χ2v) is 7.72. The van der Waals surface area contributed by atoms with Crippen LogP contribution in [0.4, 0.5) is 5.69 Å². The molecule has 0 fully saturated rings. The van der Waals surface area contributed by atoms with Gasteiger partial charge in [-0.3, -0.25) is 4.72 Å². The van der Waals surface area contributed by atoms with E-state index in [9.17, 15) is 8.42 Å². The van der Waals surface area contributed by atoms with E-state index in [2.05, 4.69) is 20.7 Å². The quantitative estimate of drug-likeness (QED) is 0.877. The van der Waals surface area contributed by atoms with Gasteiger partial charge in [0.05, 0.1) is 0 Å². The summed E-state index contributed by atoms with van der Waals surface area (Å²) in [6.07, 6.45) is 0. The van der Waals surface area contributed by atoms with Gasteiger partial charge in [0.25, 0.3) is 10.0 Å². The Bertz CT molecular complexity index is 663. The molecule has 2 aromatic rings. The smallest absolute Gasteiger partial charge is 0.272 e. The number of nitrogens with one attached hydrogen (secondary N) is 1. The fraction of sp³-hybridized carbons (Fsp3) is 0.167. The third-order valence-corrected chi connectivity index (χ3v) is 6.57. The Balaban J connectivity index is 2.24. The van der Waals surface area contributed by atoms with Crippen LogP contribution in [-0.2, 0) is 10.0 Å². The van der Waals surface area contributed by atoms with E-state index in [1.165, 1.54) is 11.3 Å². The molecule has 0 saturated heterocycles. The highest BCUT2D eigenvalue weighted by atomic mass is 79.9. The second-order valence-electron chi connectivity index (χ2n) is 4.07. The van der Waals surface area contributed by atoms with E-state index in [0.717, 1.165) is 5.56 Å². The van der Waals surface area contributed by atoms with Gasteiger partial charge in [-0.05, 0) is 52.0 Å². The predicted molar refractivity (Wildman–Crippen MR) is 81.9 cm³/mol. The maximum absolute atomic E-state index is 12.1. The Hall–Kier alpha value is -0.890. The van der Waals surface area contributed by atoms with Crippen molar-refractivity contribution in [2.24, 2.45) is 5.73 Å². The molecule has 1 atom stereocenters. The number of halogens is 1. The molecule has 102 valence electrons. The van der Waals surface area contributed by atoms with Crippen LogP contribution in [0.1, 0.15) is 18.5 Å². The van der Waals surface area contributed by atoms with E-state index >= 15 is 0 Å². The number of anilines is 1. The maximum atomic E-state index is 12.1. The SMILES string of the molecule is CC(N)c1ccc(NS(=O)(=O)c2sccc2Br)cc1. The van der Waals surface area contributed by atoms with Crippen molar-refractivity contribution in [3.05, 3.63) is 45.7 Å². The van der Waals surface area contributed by atoms with Crippen molar-refractivity contribution in [2.45, 2.75) is 17.2 Å². The van der Waals surface area contributed by atoms with Gasteiger partial charge in [-0.2, -0.15) is 0 Å². The molecule has 0 amide bonds. The fourth-order valence-electron chi connectivity index (χ4n) is 1.53. The van der Waals surface area contributed by atoms with Crippen LogP contribution in [0.25, 0.3) is 0 Å². The summed E-state index contributed by atoms with van der Waals surface area (Å²) in [6, 6.07) is 8.67. The molecule has 4 nitrogen and oxygen atoms in total. The number of hydrogen-bond acceptors (Lipinski definition) is 4. The highest BCUT2D eigenvalue weighted by Crippen LogP contribution is 2.29. The number of hydrogen-bond donors (Lipinski definition) is 2. The Labute approximate surface area is 124 Å². The number of thiophene rings is 1. The van der Waals surface area contributed by atoms with Crippen LogP contribution in [0.3, 0.4) is 0 Å². The molecule has 0 saturated carbocycles. The van der Waals surface area contributed by atoms with Gasteiger partial charge >= 0.3 is 0 Å². The normalized spacial score (nSPS) is 13.2. The first-order chi connectivity index (χ1) is 8.90. The molecule has 0 aliphatic rings. The van der Waals surface area contributed by atoms with Crippen molar-refractivity contribution in [3.63, 3.8) is 0 Å². The summed E-state index contributed by atoms with van der Waals surface area (Å²) >= 11 is 4.39. The van der Waals surface area contributed by atoms with Crippen molar-refractivity contribution < 1.29 is 8.42 Å². The first-order valence-electron chi connectivity index (χ1n) is 5.51. The molecule has 7 heteroatoms. The second kappa shape index (κ2) is 5.62. The first kappa shape index (κ1) is 14.5. The van der Waals surface area contributed by atoms with Gasteiger partial charge in [0.15, 0.2) is 4.21 Å². The molecular weight excluding hydrogens is 348 g/mol.